The Morgan fingerprint density at radius 2 is 1.55 bits per heavy atom. The van der Waals surface area contributed by atoms with Crippen molar-refractivity contribution in [3.8, 4) is 0 Å². The van der Waals surface area contributed by atoms with E-state index in [4.69, 9.17) is 5.11 Å². The predicted octanol–water partition coefficient (Wildman–Crippen LogP) is 1.17. The number of aryl methyl sites for hydroxylation is 1. The summed E-state index contributed by atoms with van der Waals surface area (Å²) in [6, 6.07) is 10.3. The average Bonchev–Trinajstić information content (AvgIpc) is 1.91. The van der Waals surface area contributed by atoms with Gasteiger partial charge >= 0.3 is 0 Å². The highest BCUT2D eigenvalue weighted by Crippen LogP contribution is 1.92. The lowest BCUT2D eigenvalue weighted by Gasteiger charge is -1.82. The summed E-state index contributed by atoms with van der Waals surface area (Å²) in [5.74, 6) is 0. The molecule has 64 valence electrons. The summed E-state index contributed by atoms with van der Waals surface area (Å²) in [4.78, 5) is 0. The third-order valence-corrected chi connectivity index (χ3v) is 0.940. The first-order valence-corrected chi connectivity index (χ1v) is 3.43. The van der Waals surface area contributed by atoms with Gasteiger partial charge in [0.25, 0.3) is 0 Å². The largest absolute Gasteiger partial charge is 0.412 e. The van der Waals surface area contributed by atoms with Crippen LogP contribution in [0.3, 0.4) is 0 Å². The zero-order valence-electron chi connectivity index (χ0n) is 7.04. The Kier molecular flexibility index (Phi) is 10.6. The van der Waals surface area contributed by atoms with Gasteiger partial charge in [-0.3, -0.25) is 0 Å². The summed E-state index contributed by atoms with van der Waals surface area (Å²) in [5, 5.41) is 7.57. The molecule has 0 fully saturated rings. The lowest BCUT2D eigenvalue weighted by Crippen LogP contribution is -1.62. The van der Waals surface area contributed by atoms with Gasteiger partial charge in [0.1, 0.15) is 0 Å². The molecule has 2 nitrogen and oxygen atoms in total. The van der Waals surface area contributed by atoms with Gasteiger partial charge in [-0.2, -0.15) is 0 Å². The van der Waals surface area contributed by atoms with Crippen LogP contribution >= 0.6 is 0 Å². The highest BCUT2D eigenvalue weighted by atomic mass is 16.2. The second kappa shape index (κ2) is 9.14. The molecule has 0 spiro atoms. The molecule has 0 saturated carbocycles. The van der Waals surface area contributed by atoms with Crippen molar-refractivity contribution >= 4 is 0 Å². The summed E-state index contributed by atoms with van der Waals surface area (Å²) in [5.41, 5.74) is 1.32. The smallest absolute Gasteiger partial charge is 0.0402 e. The van der Waals surface area contributed by atoms with Gasteiger partial charge in [0.05, 0.1) is 0 Å². The fourth-order valence-electron chi connectivity index (χ4n) is 0.534. The zero-order chi connectivity index (χ0) is 7.82. The molecule has 1 aromatic rings. The molecular weight excluding hydrogens is 140 g/mol. The minimum absolute atomic E-state index is 0. The molecule has 0 radical (unpaired) electrons. The van der Waals surface area contributed by atoms with E-state index in [9.17, 15) is 0 Å². The Morgan fingerprint density at radius 3 is 1.73 bits per heavy atom. The van der Waals surface area contributed by atoms with E-state index in [1.807, 2.05) is 18.2 Å². The van der Waals surface area contributed by atoms with Crippen LogP contribution in [0.1, 0.15) is 12.5 Å². The van der Waals surface area contributed by atoms with Gasteiger partial charge in [-0.1, -0.05) is 35.9 Å². The molecule has 0 atom stereocenters. The number of hydrogen-bond acceptors (Lipinski definition) is 1. The molecule has 0 aromatic heterocycles. The lowest BCUT2D eigenvalue weighted by molar-refractivity contribution is 0.318. The van der Waals surface area contributed by atoms with Crippen molar-refractivity contribution in [2.45, 2.75) is 13.8 Å². The van der Waals surface area contributed by atoms with Crippen LogP contribution < -0.4 is 0 Å². The molecule has 0 aliphatic rings. The van der Waals surface area contributed by atoms with E-state index in [1.165, 1.54) is 5.56 Å². The summed E-state index contributed by atoms with van der Waals surface area (Å²) < 4.78 is 0. The fourth-order valence-corrected chi connectivity index (χ4v) is 0.534. The van der Waals surface area contributed by atoms with Crippen molar-refractivity contribution in [2.24, 2.45) is 0 Å². The van der Waals surface area contributed by atoms with Crippen LogP contribution in [0.5, 0.6) is 0 Å². The lowest BCUT2D eigenvalue weighted by atomic mass is 10.2. The minimum atomic E-state index is 0. The molecule has 0 amide bonds. The van der Waals surface area contributed by atoms with Crippen LogP contribution in [0.4, 0.5) is 0 Å². The first-order chi connectivity index (χ1) is 4.81. The summed E-state index contributed by atoms with van der Waals surface area (Å²) in [6.07, 6.45) is 0. The molecule has 0 saturated heterocycles. The van der Waals surface area contributed by atoms with Crippen molar-refractivity contribution in [3.63, 3.8) is 0 Å². The first-order valence-electron chi connectivity index (χ1n) is 3.43. The van der Waals surface area contributed by atoms with E-state index in [0.29, 0.717) is 0 Å². The SMILES string of the molecule is CCO.Cc1ccccc1.O. The maximum Gasteiger partial charge on any atom is 0.0402 e. The van der Waals surface area contributed by atoms with Gasteiger partial charge < -0.3 is 10.6 Å². The molecule has 0 bridgehead atoms. The first kappa shape index (κ1) is 12.8. The van der Waals surface area contributed by atoms with E-state index in [-0.39, 0.29) is 12.1 Å². The average molecular weight is 156 g/mol. The molecule has 1 aromatic carbocycles. The van der Waals surface area contributed by atoms with E-state index in [1.54, 1.807) is 6.92 Å². The second-order valence-electron chi connectivity index (χ2n) is 1.97. The molecule has 0 aliphatic heterocycles. The molecule has 1 rings (SSSR count). The van der Waals surface area contributed by atoms with E-state index < -0.39 is 0 Å². The van der Waals surface area contributed by atoms with Crippen molar-refractivity contribution in [3.05, 3.63) is 35.9 Å². The van der Waals surface area contributed by atoms with Gasteiger partial charge in [-0.25, -0.2) is 0 Å². The summed E-state index contributed by atoms with van der Waals surface area (Å²) in [7, 11) is 0. The standard InChI is InChI=1S/C7H8.C2H6O.H2O/c1-7-5-3-2-4-6-7;1-2-3;/h2-6H,1H3;3H,2H2,1H3;1H2. The Labute approximate surface area is 67.8 Å². The van der Waals surface area contributed by atoms with Gasteiger partial charge in [-0.15, -0.1) is 0 Å². The van der Waals surface area contributed by atoms with E-state index in [2.05, 4.69) is 19.1 Å². The number of rotatable bonds is 0. The van der Waals surface area contributed by atoms with E-state index in [0.717, 1.165) is 0 Å². The van der Waals surface area contributed by atoms with Crippen molar-refractivity contribution in [2.75, 3.05) is 6.61 Å². The summed E-state index contributed by atoms with van der Waals surface area (Å²) in [6.45, 7) is 4.01. The van der Waals surface area contributed by atoms with Crippen molar-refractivity contribution < 1.29 is 10.6 Å². The van der Waals surface area contributed by atoms with Crippen LogP contribution in [0.2, 0.25) is 0 Å². The number of benzene rings is 1. The van der Waals surface area contributed by atoms with Gasteiger partial charge in [-0.05, 0) is 13.8 Å². The maximum absolute atomic E-state index is 7.57. The quantitative estimate of drug-likeness (QED) is 0.602. The third kappa shape index (κ3) is 9.14. The van der Waals surface area contributed by atoms with Crippen LogP contribution in [0, 0.1) is 6.92 Å². The molecule has 0 heterocycles. The van der Waals surface area contributed by atoms with Crippen LogP contribution in [0.25, 0.3) is 0 Å². The highest BCUT2D eigenvalue weighted by Gasteiger charge is 1.72. The number of aliphatic hydroxyl groups excluding tert-OH is 1. The molecule has 0 unspecified atom stereocenters. The van der Waals surface area contributed by atoms with Crippen LogP contribution in [-0.2, 0) is 0 Å². The number of aliphatic hydroxyl groups is 1. The topological polar surface area (TPSA) is 51.7 Å². The Bertz CT molecular complexity index is 149. The van der Waals surface area contributed by atoms with Gasteiger partial charge in [0.2, 0.25) is 0 Å². The third-order valence-electron chi connectivity index (χ3n) is 0.940. The molecule has 3 N–H and O–H groups in total. The second-order valence-corrected chi connectivity index (χ2v) is 1.97. The number of hydrogen-bond donors (Lipinski definition) is 1. The molecule has 0 aliphatic carbocycles. The Morgan fingerprint density at radius 1 is 1.18 bits per heavy atom. The van der Waals surface area contributed by atoms with Gasteiger partial charge in [0, 0.05) is 6.61 Å². The van der Waals surface area contributed by atoms with Crippen LogP contribution in [-0.4, -0.2) is 17.2 Å². The molecular formula is C9H16O2. The van der Waals surface area contributed by atoms with Gasteiger partial charge in [0.15, 0.2) is 0 Å². The van der Waals surface area contributed by atoms with E-state index >= 15 is 0 Å². The van der Waals surface area contributed by atoms with Crippen molar-refractivity contribution in [1.29, 1.82) is 0 Å². The zero-order valence-corrected chi connectivity index (χ0v) is 7.04. The molecule has 2 heteroatoms. The minimum Gasteiger partial charge on any atom is -0.412 e. The van der Waals surface area contributed by atoms with Crippen LogP contribution in [0.15, 0.2) is 30.3 Å². The molecule has 11 heavy (non-hydrogen) atoms. The summed E-state index contributed by atoms with van der Waals surface area (Å²) >= 11 is 0. The highest BCUT2D eigenvalue weighted by molar-refractivity contribution is 5.11. The van der Waals surface area contributed by atoms with Crippen molar-refractivity contribution in [1.82, 2.24) is 0 Å². The fraction of sp³-hybridized carbons (Fsp3) is 0.333. The Balaban J connectivity index is 0. The maximum atomic E-state index is 7.57. The monoisotopic (exact) mass is 156 g/mol. The normalized spacial score (nSPS) is 7.18. The predicted molar refractivity (Wildman–Crippen MR) is 47.6 cm³/mol. The Hall–Kier alpha value is -0.860.